The largest absolute Gasteiger partial charge is 0.460 e. The van der Waals surface area contributed by atoms with Crippen LogP contribution in [0.5, 0.6) is 0 Å². The maximum Gasteiger partial charge on any atom is 0.309 e. The Bertz CT molecular complexity index is 536. The second-order valence-electron chi connectivity index (χ2n) is 6.43. The standard InChI is InChI=1S/C18H31NO5S/c1-2-3-4-5-6-10-13-18(20)24-17(15-25(21,22)23)14-19-16-11-8-7-9-12-16/h2-3,6,10,16-17,19H,4-5,7-9,11-15H2,1H3,(H,21,22,23)/b3-2-,10-6-. The predicted octanol–water partition coefficient (Wildman–Crippen LogP) is 3.01. The fourth-order valence-corrected chi connectivity index (χ4v) is 3.52. The Morgan fingerprint density at radius 1 is 1.20 bits per heavy atom. The van der Waals surface area contributed by atoms with Crippen LogP contribution in [0.25, 0.3) is 0 Å². The summed E-state index contributed by atoms with van der Waals surface area (Å²) in [7, 11) is -4.20. The normalized spacial score (nSPS) is 18.0. The first-order chi connectivity index (χ1) is 11.9. The van der Waals surface area contributed by atoms with E-state index in [0.29, 0.717) is 6.04 Å². The molecule has 0 aromatic rings. The zero-order valence-electron chi connectivity index (χ0n) is 15.0. The molecule has 0 spiro atoms. The smallest absolute Gasteiger partial charge is 0.309 e. The molecule has 6 nitrogen and oxygen atoms in total. The Hall–Kier alpha value is -1.18. The fraction of sp³-hybridized carbons (Fsp3) is 0.722. The molecule has 1 saturated carbocycles. The van der Waals surface area contributed by atoms with Crippen LogP contribution in [0.4, 0.5) is 0 Å². The minimum absolute atomic E-state index is 0.0985. The van der Waals surface area contributed by atoms with E-state index in [-0.39, 0.29) is 13.0 Å². The van der Waals surface area contributed by atoms with Crippen molar-refractivity contribution in [2.24, 2.45) is 0 Å². The van der Waals surface area contributed by atoms with Gasteiger partial charge in [-0.25, -0.2) is 0 Å². The topological polar surface area (TPSA) is 92.7 Å². The van der Waals surface area contributed by atoms with Crippen LogP contribution in [0.1, 0.15) is 58.3 Å². The van der Waals surface area contributed by atoms with Crippen LogP contribution in [-0.2, 0) is 19.6 Å². The Labute approximate surface area is 151 Å². The maximum absolute atomic E-state index is 11.9. The Kier molecular flexibility index (Phi) is 10.7. The van der Waals surface area contributed by atoms with Crippen LogP contribution < -0.4 is 5.32 Å². The van der Waals surface area contributed by atoms with E-state index >= 15 is 0 Å². The molecule has 1 unspecified atom stereocenters. The molecule has 7 heteroatoms. The van der Waals surface area contributed by atoms with Gasteiger partial charge in [0.25, 0.3) is 10.1 Å². The van der Waals surface area contributed by atoms with Gasteiger partial charge in [-0.3, -0.25) is 9.35 Å². The number of unbranched alkanes of at least 4 members (excludes halogenated alkanes) is 1. The third kappa shape index (κ3) is 11.9. The average molecular weight is 374 g/mol. The zero-order valence-corrected chi connectivity index (χ0v) is 15.8. The molecule has 1 rings (SSSR count). The van der Waals surface area contributed by atoms with Gasteiger partial charge >= 0.3 is 5.97 Å². The molecule has 0 bridgehead atoms. The Morgan fingerprint density at radius 3 is 2.52 bits per heavy atom. The molecule has 1 aliphatic rings. The number of nitrogens with one attached hydrogen (secondary N) is 1. The van der Waals surface area contributed by atoms with Crippen LogP contribution in [0.15, 0.2) is 24.3 Å². The minimum Gasteiger partial charge on any atom is -0.460 e. The maximum atomic E-state index is 11.9. The van der Waals surface area contributed by atoms with Gasteiger partial charge in [0.15, 0.2) is 0 Å². The molecule has 1 aliphatic carbocycles. The molecule has 0 aliphatic heterocycles. The van der Waals surface area contributed by atoms with Gasteiger partial charge in [0.1, 0.15) is 11.9 Å². The van der Waals surface area contributed by atoms with Gasteiger partial charge < -0.3 is 10.1 Å². The third-order valence-corrected chi connectivity index (χ3v) is 4.91. The summed E-state index contributed by atoms with van der Waals surface area (Å²) in [5, 5.41) is 3.26. The van der Waals surface area contributed by atoms with E-state index in [4.69, 9.17) is 9.29 Å². The number of hydrogen-bond donors (Lipinski definition) is 2. The van der Waals surface area contributed by atoms with E-state index in [0.717, 1.165) is 38.5 Å². The van der Waals surface area contributed by atoms with Gasteiger partial charge in [-0.1, -0.05) is 43.6 Å². The summed E-state index contributed by atoms with van der Waals surface area (Å²) in [5.41, 5.74) is 0. The van der Waals surface area contributed by atoms with Crippen molar-refractivity contribution in [3.63, 3.8) is 0 Å². The number of allylic oxidation sites excluding steroid dienone is 3. The summed E-state index contributed by atoms with van der Waals surface area (Å²) >= 11 is 0. The van der Waals surface area contributed by atoms with Gasteiger partial charge in [-0.15, -0.1) is 0 Å². The van der Waals surface area contributed by atoms with Crippen molar-refractivity contribution in [2.45, 2.75) is 70.4 Å². The second-order valence-corrected chi connectivity index (χ2v) is 7.92. The molecule has 1 fully saturated rings. The van der Waals surface area contributed by atoms with Crippen LogP contribution >= 0.6 is 0 Å². The Morgan fingerprint density at radius 2 is 1.88 bits per heavy atom. The lowest BCUT2D eigenvalue weighted by Crippen LogP contribution is -2.41. The predicted molar refractivity (Wildman–Crippen MR) is 99.0 cm³/mol. The van der Waals surface area contributed by atoms with Crippen LogP contribution in [0, 0.1) is 0 Å². The van der Waals surface area contributed by atoms with E-state index in [2.05, 4.69) is 5.32 Å². The third-order valence-electron chi connectivity index (χ3n) is 4.12. The lowest BCUT2D eigenvalue weighted by molar-refractivity contribution is -0.146. The molecule has 144 valence electrons. The van der Waals surface area contributed by atoms with Gasteiger partial charge in [-0.2, -0.15) is 8.42 Å². The molecule has 0 aromatic heterocycles. The quantitative estimate of drug-likeness (QED) is 0.250. The lowest BCUT2D eigenvalue weighted by Gasteiger charge is -2.25. The molecule has 2 N–H and O–H groups in total. The van der Waals surface area contributed by atoms with E-state index in [1.807, 2.05) is 25.2 Å². The number of carbonyl (C=O) groups is 1. The van der Waals surface area contributed by atoms with Crippen molar-refractivity contribution < 1.29 is 22.5 Å². The van der Waals surface area contributed by atoms with Crippen molar-refractivity contribution in [3.05, 3.63) is 24.3 Å². The highest BCUT2D eigenvalue weighted by Crippen LogP contribution is 2.17. The minimum atomic E-state index is -4.20. The first-order valence-corrected chi connectivity index (χ1v) is 10.7. The molecule has 0 heterocycles. The second kappa shape index (κ2) is 12.2. The van der Waals surface area contributed by atoms with Crippen LogP contribution in [-0.4, -0.2) is 43.4 Å². The van der Waals surface area contributed by atoms with Crippen LogP contribution in [0.3, 0.4) is 0 Å². The summed E-state index contributed by atoms with van der Waals surface area (Å²) in [6, 6.07) is 0.322. The fourth-order valence-electron chi connectivity index (χ4n) is 2.86. The number of rotatable bonds is 11. The summed E-state index contributed by atoms with van der Waals surface area (Å²) in [4.78, 5) is 11.9. The molecular formula is C18H31NO5S. The number of esters is 1. The van der Waals surface area contributed by atoms with Crippen molar-refractivity contribution in [1.29, 1.82) is 0 Å². The SMILES string of the molecule is C/C=C\CC/C=C\CC(=O)OC(CNC1CCCCC1)CS(=O)(=O)O. The summed E-state index contributed by atoms with van der Waals surface area (Å²) in [6.45, 7) is 2.19. The molecule has 0 radical (unpaired) electrons. The van der Waals surface area contributed by atoms with Crippen molar-refractivity contribution in [1.82, 2.24) is 5.32 Å². The van der Waals surface area contributed by atoms with Gasteiger partial charge in [0.2, 0.25) is 0 Å². The average Bonchev–Trinajstić information content (AvgIpc) is 2.55. The van der Waals surface area contributed by atoms with E-state index in [1.54, 1.807) is 6.08 Å². The molecular weight excluding hydrogens is 342 g/mol. The van der Waals surface area contributed by atoms with E-state index in [9.17, 15) is 13.2 Å². The summed E-state index contributed by atoms with van der Waals surface area (Å²) in [5.74, 6) is -1.06. The number of carbonyl (C=O) groups excluding carboxylic acids is 1. The van der Waals surface area contributed by atoms with Gasteiger partial charge in [-0.05, 0) is 32.6 Å². The summed E-state index contributed by atoms with van der Waals surface area (Å²) in [6.07, 6.45) is 14.2. The zero-order chi connectivity index (χ0) is 18.5. The summed E-state index contributed by atoms with van der Waals surface area (Å²) < 4.78 is 36.6. The highest BCUT2D eigenvalue weighted by molar-refractivity contribution is 7.85. The number of hydrogen-bond acceptors (Lipinski definition) is 5. The molecule has 0 aromatic carbocycles. The monoisotopic (exact) mass is 373 g/mol. The van der Waals surface area contributed by atoms with Crippen molar-refractivity contribution in [2.75, 3.05) is 12.3 Å². The van der Waals surface area contributed by atoms with E-state index < -0.39 is 27.9 Å². The molecule has 0 saturated heterocycles. The first-order valence-electron chi connectivity index (χ1n) is 9.05. The van der Waals surface area contributed by atoms with Crippen molar-refractivity contribution >= 4 is 16.1 Å². The molecule has 1 atom stereocenters. The van der Waals surface area contributed by atoms with Gasteiger partial charge in [0.05, 0.1) is 6.42 Å². The van der Waals surface area contributed by atoms with Gasteiger partial charge in [0, 0.05) is 12.6 Å². The highest BCUT2D eigenvalue weighted by Gasteiger charge is 2.22. The van der Waals surface area contributed by atoms with Crippen LogP contribution in [0.2, 0.25) is 0 Å². The molecule has 25 heavy (non-hydrogen) atoms. The first kappa shape index (κ1) is 21.9. The highest BCUT2D eigenvalue weighted by atomic mass is 32.2. The lowest BCUT2D eigenvalue weighted by atomic mass is 9.95. The number of ether oxygens (including phenoxy) is 1. The Balaban J connectivity index is 2.41. The van der Waals surface area contributed by atoms with E-state index in [1.165, 1.54) is 6.42 Å². The van der Waals surface area contributed by atoms with Crippen molar-refractivity contribution in [3.8, 4) is 0 Å². The molecule has 0 amide bonds.